The molecule has 0 aliphatic heterocycles. The topological polar surface area (TPSA) is 99.6 Å². The first-order chi connectivity index (χ1) is 15.7. The van der Waals surface area contributed by atoms with Gasteiger partial charge < -0.3 is 19.2 Å². The van der Waals surface area contributed by atoms with Gasteiger partial charge in [0.2, 0.25) is 5.89 Å². The maximum atomic E-state index is 5.54. The highest BCUT2D eigenvalue weighted by Crippen LogP contribution is 2.34. The average Bonchev–Trinajstić information content (AvgIpc) is 3.59. The Kier molecular flexibility index (Phi) is 5.38. The number of ether oxygens (including phenoxy) is 2. The molecule has 1 aliphatic carbocycles. The normalized spacial score (nSPS) is 14.2. The number of oxazole rings is 1. The van der Waals surface area contributed by atoms with Gasteiger partial charge in [-0.05, 0) is 31.9 Å². The van der Waals surface area contributed by atoms with Gasteiger partial charge in [0, 0.05) is 24.1 Å². The number of rotatable bonds is 7. The first-order valence-electron chi connectivity index (χ1n) is 10.8. The van der Waals surface area contributed by atoms with E-state index in [2.05, 4.69) is 10.3 Å². The van der Waals surface area contributed by atoms with Crippen molar-refractivity contribution >= 4 is 11.5 Å². The molecule has 32 heavy (non-hydrogen) atoms. The monoisotopic (exact) mass is 434 g/mol. The summed E-state index contributed by atoms with van der Waals surface area (Å²) in [6, 6.07) is 5.74. The second-order valence-electron chi connectivity index (χ2n) is 7.95. The van der Waals surface area contributed by atoms with Crippen molar-refractivity contribution in [1.82, 2.24) is 24.6 Å². The van der Waals surface area contributed by atoms with Crippen LogP contribution in [0.1, 0.15) is 48.7 Å². The van der Waals surface area contributed by atoms with Gasteiger partial charge in [0.05, 0.1) is 26.1 Å². The molecule has 5 rings (SSSR count). The van der Waals surface area contributed by atoms with Crippen molar-refractivity contribution in [1.29, 1.82) is 0 Å². The van der Waals surface area contributed by atoms with Gasteiger partial charge in [0.1, 0.15) is 23.5 Å². The third-order valence-electron chi connectivity index (χ3n) is 6.02. The molecule has 166 valence electrons. The van der Waals surface area contributed by atoms with E-state index in [0.717, 1.165) is 41.4 Å². The van der Waals surface area contributed by atoms with Crippen molar-refractivity contribution in [2.45, 2.75) is 45.1 Å². The lowest BCUT2D eigenvalue weighted by Gasteiger charge is -2.13. The summed E-state index contributed by atoms with van der Waals surface area (Å²) in [6.45, 7) is 2.46. The first-order valence-corrected chi connectivity index (χ1v) is 10.8. The van der Waals surface area contributed by atoms with Crippen molar-refractivity contribution in [3.8, 4) is 23.1 Å². The van der Waals surface area contributed by atoms with Gasteiger partial charge in [-0.2, -0.15) is 5.10 Å². The van der Waals surface area contributed by atoms with E-state index in [1.807, 2.05) is 29.6 Å². The number of hydrogen-bond acceptors (Lipinski definition) is 8. The molecule has 1 aromatic carbocycles. The predicted molar refractivity (Wildman–Crippen MR) is 119 cm³/mol. The molecule has 1 aliphatic rings. The van der Waals surface area contributed by atoms with Crippen molar-refractivity contribution in [2.75, 3.05) is 19.5 Å². The Morgan fingerprint density at radius 1 is 1.16 bits per heavy atom. The molecule has 4 aromatic rings. The van der Waals surface area contributed by atoms with Crippen molar-refractivity contribution in [3.05, 3.63) is 47.7 Å². The highest BCUT2D eigenvalue weighted by molar-refractivity contribution is 5.68. The van der Waals surface area contributed by atoms with E-state index in [4.69, 9.17) is 29.0 Å². The first kappa shape index (κ1) is 20.3. The molecule has 0 atom stereocenters. The average molecular weight is 435 g/mol. The third kappa shape index (κ3) is 3.63. The molecule has 0 bridgehead atoms. The Labute approximate surface area is 185 Å². The zero-order chi connectivity index (χ0) is 22.1. The van der Waals surface area contributed by atoms with Crippen LogP contribution in [0.3, 0.4) is 0 Å². The van der Waals surface area contributed by atoms with Crippen LogP contribution in [-0.4, -0.2) is 38.8 Å². The smallest absolute Gasteiger partial charge is 0.246 e. The molecule has 0 radical (unpaired) electrons. The Hall–Kier alpha value is -3.62. The lowest BCUT2D eigenvalue weighted by Crippen LogP contribution is -2.09. The number of fused-ring (bicyclic) bond motifs is 1. The van der Waals surface area contributed by atoms with Crippen LogP contribution in [0.5, 0.6) is 11.5 Å². The largest absolute Gasteiger partial charge is 0.497 e. The summed E-state index contributed by atoms with van der Waals surface area (Å²) in [6.07, 6.45) is 7.86. The van der Waals surface area contributed by atoms with Crippen LogP contribution in [0.4, 0.5) is 5.82 Å². The molecule has 1 N–H and O–H groups in total. The molecular formula is C23H26N6O3. The molecule has 3 heterocycles. The second-order valence-corrected chi connectivity index (χ2v) is 7.95. The quantitative estimate of drug-likeness (QED) is 0.458. The van der Waals surface area contributed by atoms with Crippen LogP contribution < -0.4 is 14.8 Å². The summed E-state index contributed by atoms with van der Waals surface area (Å²) in [5.41, 5.74) is 3.15. The number of anilines is 1. The van der Waals surface area contributed by atoms with Gasteiger partial charge in [-0.3, -0.25) is 0 Å². The number of aryl methyl sites for hydroxylation is 1. The Bertz CT molecular complexity index is 1230. The van der Waals surface area contributed by atoms with E-state index >= 15 is 0 Å². The second kappa shape index (κ2) is 8.49. The van der Waals surface area contributed by atoms with E-state index in [0.29, 0.717) is 35.5 Å². The van der Waals surface area contributed by atoms with Gasteiger partial charge in [0.25, 0.3) is 0 Å². The fraction of sp³-hybridized carbons (Fsp3) is 0.391. The molecule has 0 spiro atoms. The van der Waals surface area contributed by atoms with Crippen LogP contribution in [0.2, 0.25) is 0 Å². The zero-order valence-electron chi connectivity index (χ0n) is 18.5. The fourth-order valence-electron chi connectivity index (χ4n) is 4.25. The minimum absolute atomic E-state index is 0.397. The Balaban J connectivity index is 1.55. The van der Waals surface area contributed by atoms with E-state index in [-0.39, 0.29) is 0 Å². The molecule has 0 saturated heterocycles. The van der Waals surface area contributed by atoms with E-state index < -0.39 is 0 Å². The van der Waals surface area contributed by atoms with E-state index in [1.54, 1.807) is 26.7 Å². The summed E-state index contributed by atoms with van der Waals surface area (Å²) in [7, 11) is 3.28. The molecule has 1 saturated carbocycles. The van der Waals surface area contributed by atoms with Gasteiger partial charge in [-0.25, -0.2) is 19.5 Å². The molecule has 0 amide bonds. The van der Waals surface area contributed by atoms with Crippen LogP contribution in [-0.2, 0) is 6.54 Å². The lowest BCUT2D eigenvalue weighted by atomic mass is 10.1. The number of hydrogen-bond donors (Lipinski definition) is 1. The minimum atomic E-state index is 0.397. The van der Waals surface area contributed by atoms with Gasteiger partial charge in [0.15, 0.2) is 17.3 Å². The SMILES string of the molecule is COc1ccc(CNc2nc(-c3ncco3)c(C)n3nc(C4CCCC4)nc23)c(OC)c1. The van der Waals surface area contributed by atoms with Crippen molar-refractivity contribution in [2.24, 2.45) is 0 Å². The fourth-order valence-corrected chi connectivity index (χ4v) is 4.25. The van der Waals surface area contributed by atoms with Crippen molar-refractivity contribution in [3.63, 3.8) is 0 Å². The number of nitrogens with zero attached hydrogens (tertiary/aromatic N) is 5. The number of nitrogens with one attached hydrogen (secondary N) is 1. The van der Waals surface area contributed by atoms with Crippen LogP contribution in [0.25, 0.3) is 17.2 Å². The maximum Gasteiger partial charge on any atom is 0.246 e. The number of methoxy groups -OCH3 is 2. The number of aromatic nitrogens is 5. The highest BCUT2D eigenvalue weighted by atomic mass is 16.5. The zero-order valence-corrected chi connectivity index (χ0v) is 18.5. The summed E-state index contributed by atoms with van der Waals surface area (Å²) < 4.78 is 18.2. The standard InChI is InChI=1S/C23H26N6O3/c1-14-19(23-24-10-11-32-23)26-21(22-27-20(28-29(14)22)15-6-4-5-7-15)25-13-16-8-9-17(30-2)12-18(16)31-3/h8-12,15H,4-7,13H2,1-3H3,(H,25,26). The Morgan fingerprint density at radius 3 is 2.72 bits per heavy atom. The lowest BCUT2D eigenvalue weighted by molar-refractivity contribution is 0.391. The summed E-state index contributed by atoms with van der Waals surface area (Å²) in [5.74, 6) is 3.83. The molecule has 1 fully saturated rings. The third-order valence-corrected chi connectivity index (χ3v) is 6.02. The summed E-state index contributed by atoms with van der Waals surface area (Å²) >= 11 is 0. The molecule has 9 nitrogen and oxygen atoms in total. The van der Waals surface area contributed by atoms with Gasteiger partial charge >= 0.3 is 0 Å². The van der Waals surface area contributed by atoms with Crippen LogP contribution in [0.15, 0.2) is 35.1 Å². The molecule has 3 aromatic heterocycles. The van der Waals surface area contributed by atoms with E-state index in [1.165, 1.54) is 12.8 Å². The highest BCUT2D eigenvalue weighted by Gasteiger charge is 2.25. The van der Waals surface area contributed by atoms with Crippen LogP contribution >= 0.6 is 0 Å². The minimum Gasteiger partial charge on any atom is -0.497 e. The van der Waals surface area contributed by atoms with E-state index in [9.17, 15) is 0 Å². The maximum absolute atomic E-state index is 5.54. The summed E-state index contributed by atoms with van der Waals surface area (Å²) in [4.78, 5) is 14.0. The molecule has 0 unspecified atom stereocenters. The van der Waals surface area contributed by atoms with Gasteiger partial charge in [-0.1, -0.05) is 12.8 Å². The van der Waals surface area contributed by atoms with Gasteiger partial charge in [-0.15, -0.1) is 0 Å². The molecular weight excluding hydrogens is 408 g/mol. The van der Waals surface area contributed by atoms with Crippen molar-refractivity contribution < 1.29 is 13.9 Å². The Morgan fingerprint density at radius 2 is 2.00 bits per heavy atom. The predicted octanol–water partition coefficient (Wildman–Crippen LogP) is 4.37. The number of benzene rings is 1. The van der Waals surface area contributed by atoms with Crippen LogP contribution in [0, 0.1) is 6.92 Å². The summed E-state index contributed by atoms with van der Waals surface area (Å²) in [5, 5.41) is 8.28. The molecule has 9 heteroatoms.